The number of hydrogen-bond donors (Lipinski definition) is 1. The maximum atomic E-state index is 13.8. The van der Waals surface area contributed by atoms with Crippen molar-refractivity contribution in [1.82, 2.24) is 4.90 Å². The molecule has 0 saturated carbocycles. The Balaban J connectivity index is 1.53. The fourth-order valence-corrected chi connectivity index (χ4v) is 6.16. The first-order chi connectivity index (χ1) is 15.0. The zero-order valence-corrected chi connectivity index (χ0v) is 16.4. The van der Waals surface area contributed by atoms with Gasteiger partial charge in [0.25, 0.3) is 5.69 Å². The Bertz CT molecular complexity index is 1200. The molecule has 9 heteroatoms. The highest BCUT2D eigenvalue weighted by Crippen LogP contribution is 2.60. The third-order valence-electron chi connectivity index (χ3n) is 7.20. The van der Waals surface area contributed by atoms with Crippen molar-refractivity contribution >= 4 is 34.8 Å². The average Bonchev–Trinajstić information content (AvgIpc) is 3.46. The van der Waals surface area contributed by atoms with Crippen molar-refractivity contribution in [2.24, 2.45) is 11.8 Å². The molecule has 4 heterocycles. The Kier molecular flexibility index (Phi) is 3.51. The highest BCUT2D eigenvalue weighted by atomic mass is 16.6. The van der Waals surface area contributed by atoms with Gasteiger partial charge in [0.05, 0.1) is 22.4 Å². The largest absolute Gasteiger partial charge is 0.324 e. The summed E-state index contributed by atoms with van der Waals surface area (Å²) in [5.41, 5.74) is 0.126. The number of nitrogens with zero attached hydrogens (tertiary/aromatic N) is 3. The van der Waals surface area contributed by atoms with E-state index >= 15 is 0 Å². The lowest BCUT2D eigenvalue weighted by atomic mass is 9.75. The molecule has 9 nitrogen and oxygen atoms in total. The van der Waals surface area contributed by atoms with Crippen molar-refractivity contribution in [3.8, 4) is 0 Å². The van der Waals surface area contributed by atoms with Gasteiger partial charge in [0.2, 0.25) is 17.7 Å². The number of nitro benzene ring substituents is 1. The van der Waals surface area contributed by atoms with E-state index in [1.54, 1.807) is 6.07 Å². The Morgan fingerprint density at radius 2 is 1.87 bits per heavy atom. The first-order valence-electron chi connectivity index (χ1n) is 10.3. The zero-order valence-electron chi connectivity index (χ0n) is 16.4. The summed E-state index contributed by atoms with van der Waals surface area (Å²) in [5, 5.41) is 14.1. The number of rotatable bonds is 2. The topological polar surface area (TPSA) is 113 Å². The van der Waals surface area contributed by atoms with Gasteiger partial charge >= 0.3 is 0 Å². The van der Waals surface area contributed by atoms with Crippen LogP contribution in [-0.2, 0) is 19.9 Å². The molecule has 1 N–H and O–H groups in total. The van der Waals surface area contributed by atoms with Crippen LogP contribution in [0.3, 0.4) is 0 Å². The second-order valence-corrected chi connectivity index (χ2v) is 8.46. The van der Waals surface area contributed by atoms with E-state index in [1.165, 1.54) is 24.3 Å². The van der Waals surface area contributed by atoms with Crippen LogP contribution in [0.1, 0.15) is 18.4 Å². The van der Waals surface area contributed by atoms with E-state index in [-0.39, 0.29) is 29.2 Å². The molecule has 2 aromatic rings. The summed E-state index contributed by atoms with van der Waals surface area (Å²) in [7, 11) is 0. The number of para-hydroxylation sites is 1. The van der Waals surface area contributed by atoms with Gasteiger partial charge in [-0.15, -0.1) is 0 Å². The molecule has 3 fully saturated rings. The third-order valence-corrected chi connectivity index (χ3v) is 7.20. The maximum Gasteiger partial charge on any atom is 0.271 e. The highest BCUT2D eigenvalue weighted by molar-refractivity contribution is 6.25. The van der Waals surface area contributed by atoms with Gasteiger partial charge < -0.3 is 5.32 Å². The SMILES string of the molecule is O=C1[C@@H]2[C@@H]3CCCN3[C@]3(C(=O)Nc4ccccc43)[C@H]2C(=O)N1c1cccc([N+](=O)[O-])c1. The summed E-state index contributed by atoms with van der Waals surface area (Å²) in [6.07, 6.45) is 1.56. The lowest BCUT2D eigenvalue weighted by molar-refractivity contribution is -0.384. The molecule has 4 atom stereocenters. The van der Waals surface area contributed by atoms with Gasteiger partial charge in [0, 0.05) is 29.4 Å². The number of nitro groups is 1. The molecule has 0 radical (unpaired) electrons. The molecule has 4 aliphatic rings. The number of carbonyl (C=O) groups is 3. The van der Waals surface area contributed by atoms with Crippen molar-refractivity contribution in [1.29, 1.82) is 0 Å². The molecule has 0 unspecified atom stereocenters. The van der Waals surface area contributed by atoms with Gasteiger partial charge in [0.1, 0.15) is 5.54 Å². The van der Waals surface area contributed by atoms with Crippen LogP contribution in [0.15, 0.2) is 48.5 Å². The van der Waals surface area contributed by atoms with Gasteiger partial charge in [-0.05, 0) is 31.5 Å². The molecule has 6 rings (SSSR count). The Labute approximate surface area is 176 Å². The molecule has 0 bridgehead atoms. The van der Waals surface area contributed by atoms with E-state index in [4.69, 9.17) is 0 Å². The number of nitrogens with one attached hydrogen (secondary N) is 1. The monoisotopic (exact) mass is 418 g/mol. The van der Waals surface area contributed by atoms with Crippen molar-refractivity contribution in [2.45, 2.75) is 24.4 Å². The first-order valence-corrected chi connectivity index (χ1v) is 10.3. The Morgan fingerprint density at radius 1 is 1.06 bits per heavy atom. The normalized spacial score (nSPS) is 31.2. The second kappa shape index (κ2) is 5.98. The fourth-order valence-electron chi connectivity index (χ4n) is 6.16. The molecular weight excluding hydrogens is 400 g/mol. The summed E-state index contributed by atoms with van der Waals surface area (Å²) < 4.78 is 0. The van der Waals surface area contributed by atoms with Crippen LogP contribution < -0.4 is 10.2 Å². The average molecular weight is 418 g/mol. The van der Waals surface area contributed by atoms with Crippen molar-refractivity contribution in [3.05, 3.63) is 64.2 Å². The molecular formula is C22H18N4O5. The van der Waals surface area contributed by atoms with Crippen LogP contribution in [0.5, 0.6) is 0 Å². The molecule has 3 saturated heterocycles. The van der Waals surface area contributed by atoms with Crippen LogP contribution >= 0.6 is 0 Å². The van der Waals surface area contributed by atoms with E-state index in [0.29, 0.717) is 12.2 Å². The molecule has 3 amide bonds. The van der Waals surface area contributed by atoms with Crippen LogP contribution in [0.2, 0.25) is 0 Å². The molecule has 4 aliphatic heterocycles. The van der Waals surface area contributed by atoms with Gasteiger partial charge in [-0.1, -0.05) is 24.3 Å². The minimum Gasteiger partial charge on any atom is -0.324 e. The number of imide groups is 1. The van der Waals surface area contributed by atoms with E-state index in [2.05, 4.69) is 5.32 Å². The molecule has 0 aliphatic carbocycles. The second-order valence-electron chi connectivity index (χ2n) is 8.46. The predicted molar refractivity (Wildman–Crippen MR) is 109 cm³/mol. The summed E-state index contributed by atoms with van der Waals surface area (Å²) in [4.78, 5) is 54.5. The number of hydrogen-bond acceptors (Lipinski definition) is 6. The van der Waals surface area contributed by atoms with Gasteiger partial charge in [-0.25, -0.2) is 4.90 Å². The number of fused-ring (bicyclic) bond motifs is 7. The lowest BCUT2D eigenvalue weighted by Crippen LogP contribution is -2.54. The number of benzene rings is 2. The van der Waals surface area contributed by atoms with Crippen LogP contribution in [0.4, 0.5) is 17.1 Å². The Morgan fingerprint density at radius 3 is 2.68 bits per heavy atom. The maximum absolute atomic E-state index is 13.8. The summed E-state index contributed by atoms with van der Waals surface area (Å²) >= 11 is 0. The van der Waals surface area contributed by atoms with Crippen molar-refractivity contribution in [2.75, 3.05) is 16.8 Å². The van der Waals surface area contributed by atoms with E-state index < -0.39 is 28.2 Å². The fraction of sp³-hybridized carbons (Fsp3) is 0.318. The number of amides is 3. The van der Waals surface area contributed by atoms with E-state index in [9.17, 15) is 24.5 Å². The number of anilines is 2. The Hall–Kier alpha value is -3.59. The van der Waals surface area contributed by atoms with Crippen molar-refractivity contribution < 1.29 is 19.3 Å². The minimum atomic E-state index is -1.23. The van der Waals surface area contributed by atoms with Crippen LogP contribution in [0.25, 0.3) is 0 Å². The van der Waals surface area contributed by atoms with E-state index in [1.807, 2.05) is 23.1 Å². The zero-order chi connectivity index (χ0) is 21.5. The van der Waals surface area contributed by atoms with Crippen LogP contribution in [0, 0.1) is 22.0 Å². The summed E-state index contributed by atoms with van der Waals surface area (Å²) in [6, 6.07) is 12.6. The van der Waals surface area contributed by atoms with Gasteiger partial charge in [-0.3, -0.25) is 29.4 Å². The highest BCUT2D eigenvalue weighted by Gasteiger charge is 2.74. The predicted octanol–water partition coefficient (Wildman–Crippen LogP) is 2.03. The molecule has 31 heavy (non-hydrogen) atoms. The standard InChI is InChI=1S/C22H18N4O5/c27-19-17-16-9-4-10-24(16)22(14-7-1-2-8-15(14)23-21(22)29)18(17)20(28)25(19)12-5-3-6-13(11-12)26(30)31/h1-3,5-8,11,16-18H,4,9-10H2,(H,23,29)/t16-,17+,18+,22-/m0/s1. The van der Waals surface area contributed by atoms with E-state index in [0.717, 1.165) is 23.3 Å². The van der Waals surface area contributed by atoms with Gasteiger partial charge in [0.15, 0.2) is 0 Å². The quantitative estimate of drug-likeness (QED) is 0.454. The molecule has 156 valence electrons. The molecule has 0 aromatic heterocycles. The van der Waals surface area contributed by atoms with Crippen molar-refractivity contribution in [3.63, 3.8) is 0 Å². The molecule has 2 aromatic carbocycles. The van der Waals surface area contributed by atoms with Gasteiger partial charge in [-0.2, -0.15) is 0 Å². The summed E-state index contributed by atoms with van der Waals surface area (Å²) in [5.74, 6) is -2.67. The first kappa shape index (κ1) is 18.2. The smallest absolute Gasteiger partial charge is 0.271 e. The third kappa shape index (κ3) is 2.06. The number of carbonyl (C=O) groups excluding carboxylic acids is 3. The number of non-ortho nitro benzene ring substituents is 1. The molecule has 1 spiro atoms. The summed E-state index contributed by atoms with van der Waals surface area (Å²) in [6.45, 7) is 0.636. The minimum absolute atomic E-state index is 0.171. The lowest BCUT2D eigenvalue weighted by Gasteiger charge is -2.36. The van der Waals surface area contributed by atoms with Crippen LogP contribution in [-0.4, -0.2) is 40.1 Å².